The lowest BCUT2D eigenvalue weighted by Crippen LogP contribution is -2.14. The molecule has 1 N–H and O–H groups in total. The number of benzene rings is 2. The minimum Gasteiger partial charge on any atom is -0.454 e. The number of carbonyl (C=O) groups excluding carboxylic acids is 1. The molecule has 0 fully saturated rings. The van der Waals surface area contributed by atoms with Gasteiger partial charge in [0.1, 0.15) is 12.1 Å². The quantitative estimate of drug-likeness (QED) is 0.493. The number of ether oxygens (including phenoxy) is 4. The van der Waals surface area contributed by atoms with E-state index in [2.05, 4.69) is 15.3 Å². The van der Waals surface area contributed by atoms with Crippen LogP contribution in [0.2, 0.25) is 0 Å². The zero-order valence-electron chi connectivity index (χ0n) is 17.2. The van der Waals surface area contributed by atoms with Crippen molar-refractivity contribution >= 4 is 11.8 Å². The van der Waals surface area contributed by atoms with Crippen molar-refractivity contribution in [2.24, 2.45) is 0 Å². The highest BCUT2D eigenvalue weighted by Crippen LogP contribution is 2.44. The van der Waals surface area contributed by atoms with Crippen LogP contribution in [0.15, 0.2) is 65.6 Å². The summed E-state index contributed by atoms with van der Waals surface area (Å²) < 4.78 is 28.0. The molecule has 2 aromatic carbocycles. The molecule has 2 aliphatic rings. The maximum absolute atomic E-state index is 12.6. The Labute approximate surface area is 187 Å². The fourth-order valence-electron chi connectivity index (χ4n) is 3.77. The van der Waals surface area contributed by atoms with Crippen molar-refractivity contribution in [3.63, 3.8) is 0 Å². The molecule has 0 unspecified atom stereocenters. The third kappa shape index (κ3) is 3.69. The Morgan fingerprint density at radius 2 is 1.45 bits per heavy atom. The van der Waals surface area contributed by atoms with Gasteiger partial charge < -0.3 is 23.4 Å². The topological polar surface area (TPSA) is 105 Å². The standard InChI is InChI=1S/C24H17N3O6/c28-22(5-14-9-25-11-26-10-14)27-23-8-17(15-1-3-18-20(6-15)31-12-29-18)24(33-23)16-2-4-19-21(7-16)32-13-30-19/h1-4,6-11H,5,12-13H2,(H,27,28). The smallest absolute Gasteiger partial charge is 0.231 e. The summed E-state index contributed by atoms with van der Waals surface area (Å²) in [6.45, 7) is 0.361. The second-order valence-corrected chi connectivity index (χ2v) is 7.46. The van der Waals surface area contributed by atoms with Crippen LogP contribution in [-0.2, 0) is 11.2 Å². The molecule has 4 heterocycles. The van der Waals surface area contributed by atoms with Gasteiger partial charge >= 0.3 is 0 Å². The fourth-order valence-corrected chi connectivity index (χ4v) is 3.77. The van der Waals surface area contributed by atoms with Gasteiger partial charge in [0.15, 0.2) is 23.0 Å². The molecule has 164 valence electrons. The van der Waals surface area contributed by atoms with Gasteiger partial charge in [0.2, 0.25) is 25.4 Å². The lowest BCUT2D eigenvalue weighted by Gasteiger charge is -2.05. The summed E-state index contributed by atoms with van der Waals surface area (Å²) >= 11 is 0. The van der Waals surface area contributed by atoms with E-state index in [1.54, 1.807) is 18.5 Å². The van der Waals surface area contributed by atoms with Gasteiger partial charge in [0.05, 0.1) is 6.42 Å². The molecular formula is C24H17N3O6. The van der Waals surface area contributed by atoms with Crippen LogP contribution in [0.3, 0.4) is 0 Å². The molecule has 2 aromatic heterocycles. The zero-order chi connectivity index (χ0) is 22.2. The number of amides is 1. The van der Waals surface area contributed by atoms with Crippen molar-refractivity contribution in [1.29, 1.82) is 0 Å². The lowest BCUT2D eigenvalue weighted by atomic mass is 10.0. The lowest BCUT2D eigenvalue weighted by molar-refractivity contribution is -0.115. The summed E-state index contributed by atoms with van der Waals surface area (Å²) in [5.74, 6) is 3.30. The predicted molar refractivity (Wildman–Crippen MR) is 116 cm³/mol. The number of aromatic nitrogens is 2. The largest absolute Gasteiger partial charge is 0.454 e. The van der Waals surface area contributed by atoms with Crippen LogP contribution in [0.4, 0.5) is 5.88 Å². The number of carbonyl (C=O) groups is 1. The number of fused-ring (bicyclic) bond motifs is 2. The molecule has 1 amide bonds. The van der Waals surface area contributed by atoms with Crippen LogP contribution >= 0.6 is 0 Å². The normalized spacial score (nSPS) is 13.2. The average Bonchev–Trinajstić information content (AvgIpc) is 3.58. The monoisotopic (exact) mass is 443 g/mol. The summed E-state index contributed by atoms with van der Waals surface area (Å²) in [6.07, 6.45) is 4.75. The van der Waals surface area contributed by atoms with E-state index < -0.39 is 0 Å². The van der Waals surface area contributed by atoms with Crippen LogP contribution in [0.25, 0.3) is 22.5 Å². The molecular weight excluding hydrogens is 426 g/mol. The number of anilines is 1. The first-order valence-corrected chi connectivity index (χ1v) is 10.2. The van der Waals surface area contributed by atoms with Gasteiger partial charge in [-0.3, -0.25) is 10.1 Å². The molecule has 0 radical (unpaired) electrons. The molecule has 33 heavy (non-hydrogen) atoms. The second-order valence-electron chi connectivity index (χ2n) is 7.46. The SMILES string of the molecule is O=C(Cc1cncnc1)Nc1cc(-c2ccc3c(c2)OCO3)c(-c2ccc3c(c2)OCO3)o1. The number of nitrogens with one attached hydrogen (secondary N) is 1. The minimum absolute atomic E-state index is 0.125. The molecule has 0 atom stereocenters. The number of furan rings is 1. The van der Waals surface area contributed by atoms with E-state index in [9.17, 15) is 4.79 Å². The van der Waals surface area contributed by atoms with E-state index in [-0.39, 0.29) is 25.9 Å². The van der Waals surface area contributed by atoms with Crippen molar-refractivity contribution < 1.29 is 28.2 Å². The van der Waals surface area contributed by atoms with Gasteiger partial charge in [-0.15, -0.1) is 0 Å². The molecule has 9 heteroatoms. The van der Waals surface area contributed by atoms with Crippen LogP contribution < -0.4 is 24.3 Å². The first kappa shape index (κ1) is 19.2. The second kappa shape index (κ2) is 7.86. The van der Waals surface area contributed by atoms with E-state index in [1.165, 1.54) is 6.33 Å². The molecule has 4 aromatic rings. The third-order valence-electron chi connectivity index (χ3n) is 5.29. The van der Waals surface area contributed by atoms with E-state index in [4.69, 9.17) is 23.4 Å². The summed E-state index contributed by atoms with van der Waals surface area (Å²) in [5.41, 5.74) is 3.12. The minimum atomic E-state index is -0.243. The highest BCUT2D eigenvalue weighted by atomic mass is 16.7. The molecule has 0 aliphatic carbocycles. The highest BCUT2D eigenvalue weighted by Gasteiger charge is 2.22. The highest BCUT2D eigenvalue weighted by molar-refractivity contribution is 5.93. The van der Waals surface area contributed by atoms with Gasteiger partial charge in [-0.1, -0.05) is 6.07 Å². The van der Waals surface area contributed by atoms with Crippen LogP contribution in [0.5, 0.6) is 23.0 Å². The number of nitrogens with zero attached hydrogens (tertiary/aromatic N) is 2. The van der Waals surface area contributed by atoms with E-state index in [1.807, 2.05) is 36.4 Å². The summed E-state index contributed by atoms with van der Waals surface area (Å²) in [7, 11) is 0. The molecule has 0 bridgehead atoms. The Kier molecular flexibility index (Phi) is 4.57. The van der Waals surface area contributed by atoms with Crippen molar-refractivity contribution in [2.45, 2.75) is 6.42 Å². The maximum atomic E-state index is 12.6. The third-order valence-corrected chi connectivity index (χ3v) is 5.29. The fraction of sp³-hybridized carbons (Fsp3) is 0.125. The van der Waals surface area contributed by atoms with Gasteiger partial charge in [0, 0.05) is 29.6 Å². The molecule has 2 aliphatic heterocycles. The Balaban J connectivity index is 1.37. The molecule has 0 saturated carbocycles. The Hall–Kier alpha value is -4.53. The van der Waals surface area contributed by atoms with Gasteiger partial charge in [-0.2, -0.15) is 0 Å². The van der Waals surface area contributed by atoms with Crippen LogP contribution in [-0.4, -0.2) is 29.5 Å². The number of hydrogen-bond donors (Lipinski definition) is 1. The van der Waals surface area contributed by atoms with Crippen molar-refractivity contribution in [2.75, 3.05) is 18.9 Å². The molecule has 9 nitrogen and oxygen atoms in total. The summed E-state index contributed by atoms with van der Waals surface area (Å²) in [4.78, 5) is 20.5. The average molecular weight is 443 g/mol. The first-order valence-electron chi connectivity index (χ1n) is 10.2. The summed E-state index contributed by atoms with van der Waals surface area (Å²) in [6, 6.07) is 13.0. The van der Waals surface area contributed by atoms with Crippen molar-refractivity contribution in [1.82, 2.24) is 9.97 Å². The number of hydrogen-bond acceptors (Lipinski definition) is 8. The van der Waals surface area contributed by atoms with Crippen LogP contribution in [0.1, 0.15) is 5.56 Å². The molecule has 0 saturated heterocycles. The Morgan fingerprint density at radius 1 is 0.818 bits per heavy atom. The van der Waals surface area contributed by atoms with E-state index in [0.717, 1.165) is 16.7 Å². The molecule has 0 spiro atoms. The van der Waals surface area contributed by atoms with Gasteiger partial charge in [0.25, 0.3) is 0 Å². The Morgan fingerprint density at radius 3 is 2.18 bits per heavy atom. The van der Waals surface area contributed by atoms with Crippen molar-refractivity contribution in [3.8, 4) is 45.4 Å². The Bertz CT molecular complexity index is 1280. The summed E-state index contributed by atoms with van der Waals surface area (Å²) in [5, 5.41) is 2.82. The first-order chi connectivity index (χ1) is 16.2. The van der Waals surface area contributed by atoms with Gasteiger partial charge in [-0.25, -0.2) is 9.97 Å². The van der Waals surface area contributed by atoms with Gasteiger partial charge in [-0.05, 0) is 41.5 Å². The zero-order valence-corrected chi connectivity index (χ0v) is 17.2. The van der Waals surface area contributed by atoms with Crippen LogP contribution in [0, 0.1) is 0 Å². The van der Waals surface area contributed by atoms with E-state index in [0.29, 0.717) is 40.2 Å². The maximum Gasteiger partial charge on any atom is 0.231 e. The predicted octanol–water partition coefficient (Wildman–Crippen LogP) is 4.04. The number of rotatable bonds is 5. The molecule has 6 rings (SSSR count). The van der Waals surface area contributed by atoms with Crippen molar-refractivity contribution in [3.05, 3.63) is 66.7 Å². The van der Waals surface area contributed by atoms with E-state index >= 15 is 0 Å².